The van der Waals surface area contributed by atoms with Crippen LogP contribution < -0.4 is 16.4 Å². The number of thioether (sulfide) groups is 1. The first-order chi connectivity index (χ1) is 9.60. The first-order valence-corrected chi connectivity index (χ1v) is 8.34. The number of benzene rings is 1. The van der Waals surface area contributed by atoms with E-state index in [2.05, 4.69) is 23.8 Å². The third-order valence-corrected chi connectivity index (χ3v) is 5.07. The fourth-order valence-electron chi connectivity index (χ4n) is 2.81. The molecule has 1 aromatic rings. The molecule has 1 fully saturated rings. The number of nitrogens with one attached hydrogen (secondary N) is 2. The van der Waals surface area contributed by atoms with Crippen LogP contribution in [-0.2, 0) is 0 Å². The third kappa shape index (κ3) is 3.90. The van der Waals surface area contributed by atoms with Crippen LogP contribution in [0, 0.1) is 0 Å². The molecule has 1 saturated carbocycles. The summed E-state index contributed by atoms with van der Waals surface area (Å²) in [7, 11) is 0. The molecular formula is C15H23N3OS. The minimum absolute atomic E-state index is 0.315. The SMILES string of the molecule is CSC1CCCC1NC(C)c1ccc(NC(N)=O)cc1. The fraction of sp³-hybridized carbons (Fsp3) is 0.533. The van der Waals surface area contributed by atoms with Gasteiger partial charge in [0, 0.05) is 23.0 Å². The van der Waals surface area contributed by atoms with Gasteiger partial charge >= 0.3 is 6.03 Å². The Morgan fingerprint density at radius 3 is 2.65 bits per heavy atom. The van der Waals surface area contributed by atoms with Crippen molar-refractivity contribution in [1.29, 1.82) is 0 Å². The maximum atomic E-state index is 10.8. The van der Waals surface area contributed by atoms with Crippen molar-refractivity contribution in [1.82, 2.24) is 5.32 Å². The molecular weight excluding hydrogens is 270 g/mol. The van der Waals surface area contributed by atoms with Crippen LogP contribution in [0.2, 0.25) is 0 Å². The second kappa shape index (κ2) is 6.99. The number of primary amides is 1. The van der Waals surface area contributed by atoms with E-state index in [4.69, 9.17) is 5.73 Å². The topological polar surface area (TPSA) is 67.2 Å². The van der Waals surface area contributed by atoms with Crippen LogP contribution in [0.25, 0.3) is 0 Å². The van der Waals surface area contributed by atoms with Crippen LogP contribution in [0.15, 0.2) is 24.3 Å². The van der Waals surface area contributed by atoms with Crippen molar-refractivity contribution in [2.45, 2.75) is 43.5 Å². The number of carbonyl (C=O) groups is 1. The lowest BCUT2D eigenvalue weighted by Crippen LogP contribution is -2.35. The maximum Gasteiger partial charge on any atom is 0.316 e. The van der Waals surface area contributed by atoms with Gasteiger partial charge in [0.25, 0.3) is 0 Å². The summed E-state index contributed by atoms with van der Waals surface area (Å²) in [6.45, 7) is 2.19. The van der Waals surface area contributed by atoms with Crippen LogP contribution in [0.4, 0.5) is 10.5 Å². The molecule has 1 aromatic carbocycles. The van der Waals surface area contributed by atoms with Gasteiger partial charge in [-0.2, -0.15) is 11.8 Å². The molecule has 0 aliphatic heterocycles. The van der Waals surface area contributed by atoms with Gasteiger partial charge in [-0.1, -0.05) is 18.6 Å². The highest BCUT2D eigenvalue weighted by molar-refractivity contribution is 7.99. The molecule has 1 aliphatic rings. The molecule has 3 atom stereocenters. The van der Waals surface area contributed by atoms with Crippen LogP contribution in [-0.4, -0.2) is 23.6 Å². The molecule has 0 spiro atoms. The van der Waals surface area contributed by atoms with Gasteiger partial charge in [0.05, 0.1) is 0 Å². The largest absolute Gasteiger partial charge is 0.351 e. The monoisotopic (exact) mass is 293 g/mol. The Balaban J connectivity index is 1.95. The molecule has 1 aliphatic carbocycles. The van der Waals surface area contributed by atoms with E-state index in [1.807, 2.05) is 36.0 Å². The quantitative estimate of drug-likeness (QED) is 0.781. The Labute approximate surface area is 124 Å². The molecule has 4 N–H and O–H groups in total. The van der Waals surface area contributed by atoms with E-state index in [1.54, 1.807) is 0 Å². The third-order valence-electron chi connectivity index (χ3n) is 3.90. The summed E-state index contributed by atoms with van der Waals surface area (Å²) < 4.78 is 0. The molecule has 0 saturated heterocycles. The van der Waals surface area contributed by atoms with Gasteiger partial charge in [0.1, 0.15) is 0 Å². The molecule has 20 heavy (non-hydrogen) atoms. The minimum atomic E-state index is -0.530. The van der Waals surface area contributed by atoms with Crippen molar-refractivity contribution in [3.63, 3.8) is 0 Å². The first-order valence-electron chi connectivity index (χ1n) is 7.05. The van der Waals surface area contributed by atoms with E-state index in [0.717, 1.165) is 10.9 Å². The van der Waals surface area contributed by atoms with Crippen LogP contribution in [0.1, 0.15) is 37.8 Å². The van der Waals surface area contributed by atoms with Crippen LogP contribution in [0.5, 0.6) is 0 Å². The van der Waals surface area contributed by atoms with Gasteiger partial charge in [0.2, 0.25) is 0 Å². The molecule has 5 heteroatoms. The van der Waals surface area contributed by atoms with E-state index in [-0.39, 0.29) is 0 Å². The highest BCUT2D eigenvalue weighted by Gasteiger charge is 2.27. The van der Waals surface area contributed by atoms with Crippen molar-refractivity contribution < 1.29 is 4.79 Å². The predicted octanol–water partition coefficient (Wildman–Crippen LogP) is 3.11. The summed E-state index contributed by atoms with van der Waals surface area (Å²) in [5.74, 6) is 0. The highest BCUT2D eigenvalue weighted by Crippen LogP contribution is 2.30. The van der Waals surface area contributed by atoms with E-state index in [1.165, 1.54) is 24.8 Å². The van der Waals surface area contributed by atoms with Crippen LogP contribution >= 0.6 is 11.8 Å². The Kier molecular flexibility index (Phi) is 5.31. The number of anilines is 1. The van der Waals surface area contributed by atoms with Crippen LogP contribution in [0.3, 0.4) is 0 Å². The lowest BCUT2D eigenvalue weighted by molar-refractivity contribution is 0.259. The molecule has 0 heterocycles. The normalized spacial score (nSPS) is 23.5. The summed E-state index contributed by atoms with van der Waals surface area (Å²) >= 11 is 1.96. The second-order valence-electron chi connectivity index (χ2n) is 5.31. The Hall–Kier alpha value is -1.20. The lowest BCUT2D eigenvalue weighted by Gasteiger charge is -2.24. The van der Waals surface area contributed by atoms with Crippen molar-refractivity contribution in [2.75, 3.05) is 11.6 Å². The molecule has 2 rings (SSSR count). The summed E-state index contributed by atoms with van der Waals surface area (Å²) in [5, 5.41) is 7.03. The van der Waals surface area contributed by atoms with Gasteiger partial charge in [-0.15, -0.1) is 0 Å². The van der Waals surface area contributed by atoms with Crippen molar-refractivity contribution >= 4 is 23.5 Å². The van der Waals surface area contributed by atoms with Gasteiger partial charge in [-0.05, 0) is 43.7 Å². The second-order valence-corrected chi connectivity index (χ2v) is 6.39. The molecule has 3 unspecified atom stereocenters. The minimum Gasteiger partial charge on any atom is -0.351 e. The number of nitrogens with two attached hydrogens (primary N) is 1. The standard InChI is InChI=1S/C15H23N3OS/c1-10(17-13-4-3-5-14(13)20-2)11-6-8-12(9-7-11)18-15(16)19/h6-10,13-14,17H,3-5H2,1-2H3,(H3,16,18,19). The number of hydrogen-bond acceptors (Lipinski definition) is 3. The van der Waals surface area contributed by atoms with E-state index < -0.39 is 6.03 Å². The van der Waals surface area contributed by atoms with Gasteiger partial charge in [-0.3, -0.25) is 0 Å². The summed E-state index contributed by atoms with van der Waals surface area (Å²) in [6, 6.07) is 8.23. The predicted molar refractivity (Wildman–Crippen MR) is 86.1 cm³/mol. The Morgan fingerprint density at radius 2 is 2.05 bits per heavy atom. The summed E-state index contributed by atoms with van der Waals surface area (Å²) in [5.41, 5.74) is 7.06. The molecule has 0 radical (unpaired) electrons. The number of rotatable bonds is 5. The Bertz CT molecular complexity index is 449. The number of amides is 2. The van der Waals surface area contributed by atoms with Gasteiger partial charge < -0.3 is 16.4 Å². The Morgan fingerprint density at radius 1 is 1.35 bits per heavy atom. The number of carbonyl (C=O) groups excluding carboxylic acids is 1. The maximum absolute atomic E-state index is 10.8. The van der Waals surface area contributed by atoms with Crippen molar-refractivity contribution in [3.8, 4) is 0 Å². The fourth-order valence-corrected chi connectivity index (χ4v) is 3.76. The average molecular weight is 293 g/mol. The molecule has 4 nitrogen and oxygen atoms in total. The molecule has 0 bridgehead atoms. The highest BCUT2D eigenvalue weighted by atomic mass is 32.2. The summed E-state index contributed by atoms with van der Waals surface area (Å²) in [4.78, 5) is 10.8. The van der Waals surface area contributed by atoms with Gasteiger partial charge in [0.15, 0.2) is 0 Å². The van der Waals surface area contributed by atoms with E-state index in [0.29, 0.717) is 12.1 Å². The van der Waals surface area contributed by atoms with Crippen molar-refractivity contribution in [3.05, 3.63) is 29.8 Å². The molecule has 2 amide bonds. The zero-order valence-electron chi connectivity index (χ0n) is 12.1. The first kappa shape index (κ1) is 15.2. The van der Waals surface area contributed by atoms with Gasteiger partial charge in [-0.25, -0.2) is 4.79 Å². The van der Waals surface area contributed by atoms with E-state index >= 15 is 0 Å². The van der Waals surface area contributed by atoms with Crippen molar-refractivity contribution in [2.24, 2.45) is 5.73 Å². The number of urea groups is 1. The summed E-state index contributed by atoms with van der Waals surface area (Å²) in [6.07, 6.45) is 6.08. The zero-order chi connectivity index (χ0) is 14.5. The zero-order valence-corrected chi connectivity index (χ0v) is 12.9. The lowest BCUT2D eigenvalue weighted by atomic mass is 10.1. The smallest absolute Gasteiger partial charge is 0.316 e. The molecule has 0 aromatic heterocycles. The van der Waals surface area contributed by atoms with E-state index in [9.17, 15) is 4.79 Å². The average Bonchev–Trinajstić information content (AvgIpc) is 2.86. The molecule has 110 valence electrons. The number of hydrogen-bond donors (Lipinski definition) is 3.